The second-order valence-corrected chi connectivity index (χ2v) is 6.42. The van der Waals surface area contributed by atoms with Crippen molar-refractivity contribution in [1.29, 1.82) is 0 Å². The van der Waals surface area contributed by atoms with E-state index in [0.717, 1.165) is 25.2 Å². The average molecular weight is 284 g/mol. The Hall–Kier alpha value is -1.50. The lowest BCUT2D eigenvalue weighted by atomic mass is 9.76. The molecule has 1 aliphatic carbocycles. The fourth-order valence-corrected chi connectivity index (χ4v) is 2.99. The molecule has 0 N–H and O–H groups in total. The number of ether oxygens (including phenoxy) is 1. The van der Waals surface area contributed by atoms with Gasteiger partial charge in [0.2, 0.25) is 0 Å². The second-order valence-electron chi connectivity index (χ2n) is 6.42. The lowest BCUT2D eigenvalue weighted by Gasteiger charge is -2.29. The summed E-state index contributed by atoms with van der Waals surface area (Å²) < 4.78 is 5.58. The average Bonchev–Trinajstić information content (AvgIpc) is 2.50. The van der Waals surface area contributed by atoms with Gasteiger partial charge in [-0.25, -0.2) is 0 Å². The van der Waals surface area contributed by atoms with E-state index in [1.54, 1.807) is 0 Å². The first-order valence-electron chi connectivity index (χ1n) is 8.18. The van der Waals surface area contributed by atoms with Gasteiger partial charge >= 0.3 is 0 Å². The van der Waals surface area contributed by atoms with Crippen molar-refractivity contribution in [2.24, 2.45) is 5.41 Å². The van der Waals surface area contributed by atoms with Gasteiger partial charge in [0.1, 0.15) is 5.76 Å². The SMILES string of the molecule is CCOC1=CCC(C)(Cc2ccccc2C(C)CC)C=C1. The minimum atomic E-state index is 0.199. The molecule has 2 atom stereocenters. The molecular formula is C20H28O. The molecule has 114 valence electrons. The number of rotatable bonds is 6. The third-order valence-corrected chi connectivity index (χ3v) is 4.52. The van der Waals surface area contributed by atoms with Gasteiger partial charge in [-0.2, -0.15) is 0 Å². The number of hydrogen-bond acceptors (Lipinski definition) is 1. The van der Waals surface area contributed by atoms with Crippen molar-refractivity contribution < 1.29 is 4.74 Å². The highest BCUT2D eigenvalue weighted by molar-refractivity contribution is 5.33. The summed E-state index contributed by atoms with van der Waals surface area (Å²) in [6, 6.07) is 8.92. The van der Waals surface area contributed by atoms with E-state index < -0.39 is 0 Å². The molecular weight excluding hydrogens is 256 g/mol. The van der Waals surface area contributed by atoms with Crippen LogP contribution < -0.4 is 0 Å². The lowest BCUT2D eigenvalue weighted by Crippen LogP contribution is -2.19. The summed E-state index contributed by atoms with van der Waals surface area (Å²) >= 11 is 0. The molecule has 21 heavy (non-hydrogen) atoms. The molecule has 0 amide bonds. The van der Waals surface area contributed by atoms with E-state index in [2.05, 4.69) is 63.3 Å². The summed E-state index contributed by atoms with van der Waals surface area (Å²) in [4.78, 5) is 0. The van der Waals surface area contributed by atoms with E-state index >= 15 is 0 Å². The fourth-order valence-electron chi connectivity index (χ4n) is 2.99. The maximum absolute atomic E-state index is 5.58. The Balaban J connectivity index is 2.14. The Kier molecular flexibility index (Phi) is 5.27. The van der Waals surface area contributed by atoms with Crippen LogP contribution >= 0.6 is 0 Å². The van der Waals surface area contributed by atoms with Gasteiger partial charge in [-0.3, -0.25) is 0 Å². The Labute approximate surface area is 129 Å². The van der Waals surface area contributed by atoms with Crippen molar-refractivity contribution in [3.8, 4) is 0 Å². The molecule has 2 unspecified atom stereocenters. The lowest BCUT2D eigenvalue weighted by molar-refractivity contribution is 0.235. The molecule has 0 saturated heterocycles. The van der Waals surface area contributed by atoms with E-state index in [1.807, 2.05) is 6.92 Å². The molecule has 0 aliphatic heterocycles. The topological polar surface area (TPSA) is 9.23 Å². The van der Waals surface area contributed by atoms with Crippen molar-refractivity contribution in [3.05, 3.63) is 59.4 Å². The summed E-state index contributed by atoms with van der Waals surface area (Å²) in [7, 11) is 0. The molecule has 0 radical (unpaired) electrons. The van der Waals surface area contributed by atoms with Gasteiger partial charge in [0.25, 0.3) is 0 Å². The summed E-state index contributed by atoms with van der Waals surface area (Å²) in [6.07, 6.45) is 10.0. The monoisotopic (exact) mass is 284 g/mol. The Morgan fingerprint density at radius 3 is 2.62 bits per heavy atom. The van der Waals surface area contributed by atoms with Crippen molar-refractivity contribution in [1.82, 2.24) is 0 Å². The van der Waals surface area contributed by atoms with Gasteiger partial charge in [0.05, 0.1) is 6.61 Å². The summed E-state index contributed by atoms with van der Waals surface area (Å²) in [5.74, 6) is 1.65. The van der Waals surface area contributed by atoms with Crippen LogP contribution in [0, 0.1) is 5.41 Å². The molecule has 1 aromatic carbocycles. The highest BCUT2D eigenvalue weighted by Gasteiger charge is 2.25. The standard InChI is InChI=1S/C20H28O/c1-5-16(3)19-10-8-7-9-17(19)15-20(4)13-11-18(12-14-20)21-6-2/h7-13,16H,5-6,14-15H2,1-4H3. The van der Waals surface area contributed by atoms with Crippen LogP contribution in [-0.4, -0.2) is 6.61 Å². The smallest absolute Gasteiger partial charge is 0.115 e. The molecule has 1 nitrogen and oxygen atoms in total. The van der Waals surface area contributed by atoms with Crippen molar-refractivity contribution in [2.75, 3.05) is 6.61 Å². The van der Waals surface area contributed by atoms with Gasteiger partial charge in [-0.05, 0) is 60.8 Å². The maximum atomic E-state index is 5.58. The summed E-state index contributed by atoms with van der Waals surface area (Å²) in [5.41, 5.74) is 3.20. The van der Waals surface area contributed by atoms with E-state index in [-0.39, 0.29) is 5.41 Å². The van der Waals surface area contributed by atoms with Crippen molar-refractivity contribution in [2.45, 2.75) is 52.9 Å². The number of allylic oxidation sites excluding steroid dienone is 3. The highest BCUT2D eigenvalue weighted by Crippen LogP contribution is 2.35. The third-order valence-electron chi connectivity index (χ3n) is 4.52. The van der Waals surface area contributed by atoms with Gasteiger partial charge in [0, 0.05) is 0 Å². The van der Waals surface area contributed by atoms with E-state index in [4.69, 9.17) is 4.74 Å². The zero-order valence-electron chi connectivity index (χ0n) is 13.9. The summed E-state index contributed by atoms with van der Waals surface area (Å²) in [5, 5.41) is 0. The van der Waals surface area contributed by atoms with Gasteiger partial charge < -0.3 is 4.74 Å². The Morgan fingerprint density at radius 1 is 1.24 bits per heavy atom. The molecule has 0 spiro atoms. The third kappa shape index (κ3) is 4.00. The van der Waals surface area contributed by atoms with E-state index in [0.29, 0.717) is 5.92 Å². The van der Waals surface area contributed by atoms with Gasteiger partial charge in [-0.15, -0.1) is 0 Å². The number of benzene rings is 1. The van der Waals surface area contributed by atoms with Crippen LogP contribution in [0.4, 0.5) is 0 Å². The first-order chi connectivity index (χ1) is 10.1. The molecule has 1 heteroatoms. The molecule has 0 heterocycles. The number of hydrogen-bond donors (Lipinski definition) is 0. The molecule has 2 rings (SSSR count). The molecule has 0 aromatic heterocycles. The maximum Gasteiger partial charge on any atom is 0.115 e. The van der Waals surface area contributed by atoms with Crippen molar-refractivity contribution >= 4 is 0 Å². The quantitative estimate of drug-likeness (QED) is 0.658. The minimum Gasteiger partial charge on any atom is -0.494 e. The van der Waals surface area contributed by atoms with Gasteiger partial charge in [0.15, 0.2) is 0 Å². The predicted molar refractivity (Wildman–Crippen MR) is 90.4 cm³/mol. The first kappa shape index (κ1) is 15.9. The molecule has 1 aromatic rings. The fraction of sp³-hybridized carbons (Fsp3) is 0.500. The van der Waals surface area contributed by atoms with Crippen LogP contribution in [0.25, 0.3) is 0 Å². The largest absolute Gasteiger partial charge is 0.494 e. The minimum absolute atomic E-state index is 0.199. The van der Waals surface area contributed by atoms with E-state index in [9.17, 15) is 0 Å². The zero-order valence-corrected chi connectivity index (χ0v) is 13.9. The van der Waals surface area contributed by atoms with Crippen LogP contribution in [-0.2, 0) is 11.2 Å². The Bertz CT molecular complexity index is 526. The normalized spacial score (nSPS) is 22.8. The van der Waals surface area contributed by atoms with Crippen LogP contribution in [0.15, 0.2) is 48.3 Å². The summed E-state index contributed by atoms with van der Waals surface area (Å²) in [6.45, 7) is 9.70. The molecule has 1 aliphatic rings. The molecule has 0 bridgehead atoms. The van der Waals surface area contributed by atoms with Crippen molar-refractivity contribution in [3.63, 3.8) is 0 Å². The Morgan fingerprint density at radius 2 is 2.00 bits per heavy atom. The first-order valence-corrected chi connectivity index (χ1v) is 8.18. The van der Waals surface area contributed by atoms with Crippen LogP contribution in [0.5, 0.6) is 0 Å². The molecule has 0 saturated carbocycles. The van der Waals surface area contributed by atoms with Crippen LogP contribution in [0.1, 0.15) is 57.6 Å². The van der Waals surface area contributed by atoms with Gasteiger partial charge in [-0.1, -0.05) is 51.1 Å². The zero-order chi connectivity index (χ0) is 15.3. The van der Waals surface area contributed by atoms with Crippen LogP contribution in [0.3, 0.4) is 0 Å². The highest BCUT2D eigenvalue weighted by atomic mass is 16.5. The van der Waals surface area contributed by atoms with Crippen LogP contribution in [0.2, 0.25) is 0 Å². The predicted octanol–water partition coefficient (Wildman–Crippen LogP) is 5.63. The van der Waals surface area contributed by atoms with E-state index in [1.165, 1.54) is 17.5 Å². The molecule has 0 fully saturated rings. The second kappa shape index (κ2) is 6.98.